The van der Waals surface area contributed by atoms with E-state index in [0.29, 0.717) is 17.2 Å². The number of oxime groups is 1. The Morgan fingerprint density at radius 2 is 2.19 bits per heavy atom. The molecule has 2 rings (SSSR count). The van der Waals surface area contributed by atoms with Gasteiger partial charge in [0.05, 0.1) is 18.4 Å². The van der Waals surface area contributed by atoms with Crippen LogP contribution in [0.15, 0.2) is 41.7 Å². The van der Waals surface area contributed by atoms with Crippen LogP contribution < -0.4 is 9.47 Å². The molecule has 0 atom stereocenters. The summed E-state index contributed by atoms with van der Waals surface area (Å²) in [6, 6.07) is 7.62. The van der Waals surface area contributed by atoms with Crippen molar-refractivity contribution in [2.45, 2.75) is 13.5 Å². The maximum atomic E-state index is 13.3. The third kappa shape index (κ3) is 3.47. The number of hydrogen-bond acceptors (Lipinski definition) is 5. The fraction of sp³-hybridized carbons (Fsp3) is 0.200. The van der Waals surface area contributed by atoms with Crippen LogP contribution in [0.3, 0.4) is 0 Å². The van der Waals surface area contributed by atoms with E-state index in [-0.39, 0.29) is 12.3 Å². The summed E-state index contributed by atoms with van der Waals surface area (Å²) in [6.07, 6.45) is 1.62. The summed E-state index contributed by atoms with van der Waals surface area (Å²) < 4.78 is 24.1. The Morgan fingerprint density at radius 3 is 2.90 bits per heavy atom. The molecule has 0 aliphatic rings. The number of nitrogens with zero attached hydrogens (tertiary/aromatic N) is 2. The lowest BCUT2D eigenvalue weighted by molar-refractivity contribution is 0.292. The van der Waals surface area contributed by atoms with E-state index in [1.807, 2.05) is 6.07 Å². The SMILES string of the molecule is COc1ncccc1COc1ccc(F)cc1/C(C)=N/O. The zero-order chi connectivity index (χ0) is 15.2. The second-order valence-electron chi connectivity index (χ2n) is 4.29. The lowest BCUT2D eigenvalue weighted by Gasteiger charge is -2.12. The lowest BCUT2D eigenvalue weighted by atomic mass is 10.1. The van der Waals surface area contributed by atoms with E-state index in [9.17, 15) is 4.39 Å². The second-order valence-corrected chi connectivity index (χ2v) is 4.29. The molecule has 0 amide bonds. The number of ether oxygens (including phenoxy) is 2. The first-order chi connectivity index (χ1) is 10.2. The largest absolute Gasteiger partial charge is 0.488 e. The van der Waals surface area contributed by atoms with Crippen LogP contribution in [0.1, 0.15) is 18.1 Å². The Bertz CT molecular complexity index is 659. The summed E-state index contributed by atoms with van der Waals surface area (Å²) in [5.41, 5.74) is 1.41. The first-order valence-electron chi connectivity index (χ1n) is 6.25. The molecule has 0 fully saturated rings. The molecule has 0 bridgehead atoms. The third-order valence-corrected chi connectivity index (χ3v) is 2.91. The van der Waals surface area contributed by atoms with Gasteiger partial charge >= 0.3 is 0 Å². The van der Waals surface area contributed by atoms with Gasteiger partial charge in [0.1, 0.15) is 18.2 Å². The lowest BCUT2D eigenvalue weighted by Crippen LogP contribution is -2.04. The molecule has 0 saturated carbocycles. The zero-order valence-corrected chi connectivity index (χ0v) is 11.7. The average molecular weight is 290 g/mol. The van der Waals surface area contributed by atoms with E-state index < -0.39 is 5.82 Å². The van der Waals surface area contributed by atoms with Gasteiger partial charge in [-0.3, -0.25) is 0 Å². The van der Waals surface area contributed by atoms with Gasteiger partial charge in [-0.1, -0.05) is 5.16 Å². The summed E-state index contributed by atoms with van der Waals surface area (Å²) in [4.78, 5) is 4.07. The van der Waals surface area contributed by atoms with Gasteiger partial charge in [-0.15, -0.1) is 0 Å². The molecule has 1 aromatic heterocycles. The van der Waals surface area contributed by atoms with Gasteiger partial charge in [0.15, 0.2) is 0 Å². The molecule has 1 heterocycles. The highest BCUT2D eigenvalue weighted by molar-refractivity contribution is 6.00. The predicted molar refractivity (Wildman–Crippen MR) is 75.5 cm³/mol. The van der Waals surface area contributed by atoms with Crippen molar-refractivity contribution in [1.82, 2.24) is 4.98 Å². The minimum Gasteiger partial charge on any atom is -0.488 e. The fourth-order valence-corrected chi connectivity index (χ4v) is 1.84. The first-order valence-corrected chi connectivity index (χ1v) is 6.25. The Morgan fingerprint density at radius 1 is 1.38 bits per heavy atom. The number of halogens is 1. The Labute approximate surface area is 121 Å². The molecule has 0 aliphatic heterocycles. The zero-order valence-electron chi connectivity index (χ0n) is 11.7. The maximum Gasteiger partial charge on any atom is 0.219 e. The molecule has 0 saturated heterocycles. The standard InChI is InChI=1S/C15H15FN2O3/c1-10(18-19)13-8-12(16)5-6-14(13)21-9-11-4-3-7-17-15(11)20-2/h3-8,19H,9H2,1-2H3/b18-10+. The maximum absolute atomic E-state index is 13.3. The van der Waals surface area contributed by atoms with Crippen molar-refractivity contribution in [3.8, 4) is 11.6 Å². The van der Waals surface area contributed by atoms with Crippen molar-refractivity contribution < 1.29 is 19.1 Å². The van der Waals surface area contributed by atoms with Crippen molar-refractivity contribution in [1.29, 1.82) is 0 Å². The van der Waals surface area contributed by atoms with E-state index in [4.69, 9.17) is 14.7 Å². The van der Waals surface area contributed by atoms with Crippen molar-refractivity contribution >= 4 is 5.71 Å². The fourth-order valence-electron chi connectivity index (χ4n) is 1.84. The Balaban J connectivity index is 2.24. The monoisotopic (exact) mass is 290 g/mol. The molecular formula is C15H15FN2O3. The summed E-state index contributed by atoms with van der Waals surface area (Å²) in [6.45, 7) is 1.76. The van der Waals surface area contributed by atoms with Crippen molar-refractivity contribution in [3.05, 3.63) is 53.5 Å². The predicted octanol–water partition coefficient (Wildman–Crippen LogP) is 3.01. The summed E-state index contributed by atoms with van der Waals surface area (Å²) in [7, 11) is 1.53. The van der Waals surface area contributed by atoms with Gasteiger partial charge in [0, 0.05) is 11.8 Å². The van der Waals surface area contributed by atoms with E-state index in [1.165, 1.54) is 25.3 Å². The number of rotatable bonds is 5. The quantitative estimate of drug-likeness (QED) is 0.522. The summed E-state index contributed by atoms with van der Waals surface area (Å²) in [5, 5.41) is 11.9. The molecule has 0 spiro atoms. The number of aromatic nitrogens is 1. The normalized spacial score (nSPS) is 11.3. The van der Waals surface area contributed by atoms with Gasteiger partial charge in [-0.25, -0.2) is 9.37 Å². The molecule has 0 unspecified atom stereocenters. The van der Waals surface area contributed by atoms with Crippen LogP contribution >= 0.6 is 0 Å². The highest BCUT2D eigenvalue weighted by Gasteiger charge is 2.11. The first kappa shape index (κ1) is 14.8. The topological polar surface area (TPSA) is 63.9 Å². The van der Waals surface area contributed by atoms with Gasteiger partial charge in [0.2, 0.25) is 5.88 Å². The van der Waals surface area contributed by atoms with Crippen LogP contribution in [0, 0.1) is 5.82 Å². The molecule has 21 heavy (non-hydrogen) atoms. The van der Waals surface area contributed by atoms with Crippen LogP contribution in [0.2, 0.25) is 0 Å². The van der Waals surface area contributed by atoms with Crippen LogP contribution in [0.25, 0.3) is 0 Å². The second kappa shape index (κ2) is 6.69. The third-order valence-electron chi connectivity index (χ3n) is 2.91. The number of methoxy groups -OCH3 is 1. The summed E-state index contributed by atoms with van der Waals surface area (Å²) in [5.74, 6) is 0.450. The van der Waals surface area contributed by atoms with E-state index in [0.717, 1.165) is 5.56 Å². The molecule has 5 nitrogen and oxygen atoms in total. The molecule has 6 heteroatoms. The minimum atomic E-state index is -0.431. The van der Waals surface area contributed by atoms with Gasteiger partial charge in [0.25, 0.3) is 0 Å². The average Bonchev–Trinajstić information content (AvgIpc) is 2.53. The van der Waals surface area contributed by atoms with Crippen LogP contribution in [-0.4, -0.2) is 23.0 Å². The Hall–Kier alpha value is -2.63. The van der Waals surface area contributed by atoms with Crippen molar-refractivity contribution in [2.75, 3.05) is 7.11 Å². The van der Waals surface area contributed by atoms with Gasteiger partial charge in [-0.2, -0.15) is 0 Å². The number of hydrogen-bond donors (Lipinski definition) is 1. The molecule has 0 aliphatic carbocycles. The highest BCUT2D eigenvalue weighted by atomic mass is 19.1. The van der Waals surface area contributed by atoms with E-state index in [1.54, 1.807) is 19.2 Å². The molecule has 0 radical (unpaired) electrons. The summed E-state index contributed by atoms with van der Waals surface area (Å²) >= 11 is 0. The molecular weight excluding hydrogens is 275 g/mol. The van der Waals surface area contributed by atoms with Crippen LogP contribution in [-0.2, 0) is 6.61 Å². The van der Waals surface area contributed by atoms with Crippen LogP contribution in [0.4, 0.5) is 4.39 Å². The Kier molecular flexibility index (Phi) is 4.71. The minimum absolute atomic E-state index is 0.203. The van der Waals surface area contributed by atoms with Crippen molar-refractivity contribution in [3.63, 3.8) is 0 Å². The molecule has 110 valence electrons. The molecule has 1 N–H and O–H groups in total. The van der Waals surface area contributed by atoms with Crippen molar-refractivity contribution in [2.24, 2.45) is 5.16 Å². The van der Waals surface area contributed by atoms with Crippen LogP contribution in [0.5, 0.6) is 11.6 Å². The number of benzene rings is 1. The van der Waals surface area contributed by atoms with E-state index >= 15 is 0 Å². The van der Waals surface area contributed by atoms with E-state index in [2.05, 4.69) is 10.1 Å². The highest BCUT2D eigenvalue weighted by Crippen LogP contribution is 2.23. The molecule has 1 aromatic carbocycles. The van der Waals surface area contributed by atoms with Gasteiger partial charge in [-0.05, 0) is 37.3 Å². The van der Waals surface area contributed by atoms with Gasteiger partial charge < -0.3 is 14.7 Å². The number of pyridine rings is 1. The molecule has 2 aromatic rings. The smallest absolute Gasteiger partial charge is 0.219 e.